The highest BCUT2D eigenvalue weighted by Crippen LogP contribution is 2.24. The lowest BCUT2D eigenvalue weighted by Crippen LogP contribution is -2.40. The second-order valence-corrected chi connectivity index (χ2v) is 5.62. The van der Waals surface area contributed by atoms with Crippen LogP contribution in [-0.2, 0) is 6.42 Å². The van der Waals surface area contributed by atoms with Crippen LogP contribution in [0.5, 0.6) is 0 Å². The molecule has 0 aliphatic rings. The summed E-state index contributed by atoms with van der Waals surface area (Å²) < 4.78 is 0. The van der Waals surface area contributed by atoms with Gasteiger partial charge in [-0.3, -0.25) is 0 Å². The largest absolute Gasteiger partial charge is 0.388 e. The third kappa shape index (κ3) is 4.05. The maximum Gasteiger partial charge on any atom is 0.138 e. The van der Waals surface area contributed by atoms with E-state index in [0.29, 0.717) is 17.5 Å². The van der Waals surface area contributed by atoms with Crippen molar-refractivity contribution in [2.45, 2.75) is 53.1 Å². The fourth-order valence-electron chi connectivity index (χ4n) is 1.90. The van der Waals surface area contributed by atoms with Gasteiger partial charge in [-0.2, -0.15) is 0 Å². The maximum atomic E-state index is 10.4. The van der Waals surface area contributed by atoms with Crippen LogP contribution in [0.15, 0.2) is 0 Å². The number of anilines is 1. The molecule has 0 aliphatic carbocycles. The molecule has 4 nitrogen and oxygen atoms in total. The molecule has 0 fully saturated rings. The Labute approximate surface area is 120 Å². The number of halogens is 1. The number of nitrogens with zero attached hydrogens (tertiary/aromatic N) is 2. The third-order valence-electron chi connectivity index (χ3n) is 3.71. The van der Waals surface area contributed by atoms with Crippen molar-refractivity contribution in [2.75, 3.05) is 11.9 Å². The van der Waals surface area contributed by atoms with E-state index in [0.717, 1.165) is 24.2 Å². The standard InChI is InChI=1S/C14H24ClN3O/c1-6-9(3)14(5,19)8-16-13-11(7-2)12(15)17-10(4)18-13/h9,19H,6-8H2,1-5H3,(H,16,17,18). The minimum absolute atomic E-state index is 0.212. The molecule has 2 N–H and O–H groups in total. The molecule has 0 aliphatic heterocycles. The summed E-state index contributed by atoms with van der Waals surface area (Å²) in [6, 6.07) is 0. The normalized spacial score (nSPS) is 15.9. The van der Waals surface area contributed by atoms with Crippen molar-refractivity contribution in [2.24, 2.45) is 5.92 Å². The Balaban J connectivity index is 2.88. The number of aromatic nitrogens is 2. The van der Waals surface area contributed by atoms with E-state index < -0.39 is 5.60 Å². The summed E-state index contributed by atoms with van der Waals surface area (Å²) in [4.78, 5) is 8.53. The van der Waals surface area contributed by atoms with E-state index in [2.05, 4.69) is 22.2 Å². The van der Waals surface area contributed by atoms with Crippen LogP contribution >= 0.6 is 11.6 Å². The summed E-state index contributed by atoms with van der Waals surface area (Å²) in [6.07, 6.45) is 1.69. The third-order valence-corrected chi connectivity index (χ3v) is 4.02. The van der Waals surface area contributed by atoms with Crippen LogP contribution in [0.1, 0.15) is 45.5 Å². The molecule has 0 amide bonds. The van der Waals surface area contributed by atoms with Crippen molar-refractivity contribution < 1.29 is 5.11 Å². The fraction of sp³-hybridized carbons (Fsp3) is 0.714. The lowest BCUT2D eigenvalue weighted by Gasteiger charge is -2.30. The van der Waals surface area contributed by atoms with Gasteiger partial charge in [0, 0.05) is 12.1 Å². The second-order valence-electron chi connectivity index (χ2n) is 5.26. The number of hydrogen-bond donors (Lipinski definition) is 2. The zero-order chi connectivity index (χ0) is 14.6. The zero-order valence-corrected chi connectivity index (χ0v) is 13.2. The van der Waals surface area contributed by atoms with Crippen LogP contribution in [0.25, 0.3) is 0 Å². The zero-order valence-electron chi connectivity index (χ0n) is 12.4. The Morgan fingerprint density at radius 1 is 1.37 bits per heavy atom. The first-order chi connectivity index (χ1) is 8.81. The summed E-state index contributed by atoms with van der Waals surface area (Å²) in [7, 11) is 0. The van der Waals surface area contributed by atoms with Crippen molar-refractivity contribution in [3.8, 4) is 0 Å². The highest BCUT2D eigenvalue weighted by Gasteiger charge is 2.27. The highest BCUT2D eigenvalue weighted by atomic mass is 35.5. The summed E-state index contributed by atoms with van der Waals surface area (Å²) in [5, 5.41) is 14.1. The number of hydrogen-bond acceptors (Lipinski definition) is 4. The molecule has 1 aromatic rings. The lowest BCUT2D eigenvalue weighted by atomic mass is 9.88. The van der Waals surface area contributed by atoms with Crippen LogP contribution in [0.3, 0.4) is 0 Å². The van der Waals surface area contributed by atoms with Crippen LogP contribution in [0, 0.1) is 12.8 Å². The van der Waals surface area contributed by atoms with Gasteiger partial charge in [-0.15, -0.1) is 0 Å². The van der Waals surface area contributed by atoms with Gasteiger partial charge in [0.1, 0.15) is 16.8 Å². The van der Waals surface area contributed by atoms with Crippen LogP contribution in [0.4, 0.5) is 5.82 Å². The average Bonchev–Trinajstić information content (AvgIpc) is 2.34. The Morgan fingerprint density at radius 2 is 2.00 bits per heavy atom. The molecule has 0 spiro atoms. The molecular formula is C14H24ClN3O. The lowest BCUT2D eigenvalue weighted by molar-refractivity contribution is 0.0175. The predicted octanol–water partition coefficient (Wildman–Crippen LogP) is 3.21. The molecule has 0 bridgehead atoms. The minimum atomic E-state index is -0.773. The number of aliphatic hydroxyl groups is 1. The fourth-order valence-corrected chi connectivity index (χ4v) is 2.24. The monoisotopic (exact) mass is 285 g/mol. The predicted molar refractivity (Wildman–Crippen MR) is 79.7 cm³/mol. The number of nitrogens with one attached hydrogen (secondary N) is 1. The van der Waals surface area contributed by atoms with Crippen molar-refractivity contribution in [3.05, 3.63) is 16.5 Å². The Hall–Kier alpha value is -0.870. The average molecular weight is 286 g/mol. The molecule has 0 aromatic carbocycles. The van der Waals surface area contributed by atoms with E-state index in [9.17, 15) is 5.11 Å². The van der Waals surface area contributed by atoms with Gasteiger partial charge >= 0.3 is 0 Å². The number of rotatable bonds is 6. The van der Waals surface area contributed by atoms with Crippen LogP contribution < -0.4 is 5.32 Å². The van der Waals surface area contributed by atoms with Gasteiger partial charge in [-0.05, 0) is 26.2 Å². The van der Waals surface area contributed by atoms with E-state index in [1.54, 1.807) is 0 Å². The van der Waals surface area contributed by atoms with E-state index >= 15 is 0 Å². The van der Waals surface area contributed by atoms with E-state index in [1.165, 1.54) is 0 Å². The SMILES string of the molecule is CCc1c(Cl)nc(C)nc1NCC(C)(O)C(C)CC. The summed E-state index contributed by atoms with van der Waals surface area (Å²) in [6.45, 7) is 10.2. The maximum absolute atomic E-state index is 10.4. The van der Waals surface area contributed by atoms with Gasteiger partial charge in [0.15, 0.2) is 0 Å². The first-order valence-corrected chi connectivity index (χ1v) is 7.18. The molecule has 2 unspecified atom stereocenters. The molecule has 5 heteroatoms. The van der Waals surface area contributed by atoms with Gasteiger partial charge in [-0.1, -0.05) is 38.8 Å². The Morgan fingerprint density at radius 3 is 2.53 bits per heavy atom. The summed E-state index contributed by atoms with van der Waals surface area (Å²) >= 11 is 6.12. The van der Waals surface area contributed by atoms with Crippen molar-refractivity contribution in [1.82, 2.24) is 9.97 Å². The smallest absolute Gasteiger partial charge is 0.138 e. The Bertz CT molecular complexity index is 435. The molecule has 108 valence electrons. The van der Waals surface area contributed by atoms with Crippen molar-refractivity contribution in [1.29, 1.82) is 0 Å². The molecule has 0 radical (unpaired) electrons. The highest BCUT2D eigenvalue weighted by molar-refractivity contribution is 6.30. The van der Waals surface area contributed by atoms with Crippen molar-refractivity contribution >= 4 is 17.4 Å². The first-order valence-electron chi connectivity index (χ1n) is 6.81. The molecule has 1 aromatic heterocycles. The first kappa shape index (κ1) is 16.2. The molecule has 1 rings (SSSR count). The molecule has 2 atom stereocenters. The Kier molecular flexibility index (Phi) is 5.56. The van der Waals surface area contributed by atoms with E-state index in [-0.39, 0.29) is 5.92 Å². The topological polar surface area (TPSA) is 58.0 Å². The quantitative estimate of drug-likeness (QED) is 0.788. The summed E-state index contributed by atoms with van der Waals surface area (Å²) in [5.41, 5.74) is 0.123. The van der Waals surface area contributed by atoms with Crippen molar-refractivity contribution in [3.63, 3.8) is 0 Å². The van der Waals surface area contributed by atoms with Gasteiger partial charge in [0.25, 0.3) is 0 Å². The number of aryl methyl sites for hydroxylation is 1. The van der Waals surface area contributed by atoms with Gasteiger partial charge in [-0.25, -0.2) is 9.97 Å². The van der Waals surface area contributed by atoms with Crippen LogP contribution in [0.2, 0.25) is 5.15 Å². The van der Waals surface area contributed by atoms with Gasteiger partial charge in [0.2, 0.25) is 0 Å². The molecular weight excluding hydrogens is 262 g/mol. The van der Waals surface area contributed by atoms with E-state index in [4.69, 9.17) is 11.6 Å². The molecule has 0 saturated carbocycles. The minimum Gasteiger partial charge on any atom is -0.388 e. The molecule has 1 heterocycles. The summed E-state index contributed by atoms with van der Waals surface area (Å²) in [5.74, 6) is 1.57. The second kappa shape index (κ2) is 6.53. The molecule has 0 saturated heterocycles. The molecule has 19 heavy (non-hydrogen) atoms. The van der Waals surface area contributed by atoms with E-state index in [1.807, 2.05) is 27.7 Å². The van der Waals surface area contributed by atoms with Gasteiger partial charge in [0.05, 0.1) is 5.60 Å². The van der Waals surface area contributed by atoms with Gasteiger partial charge < -0.3 is 10.4 Å². The van der Waals surface area contributed by atoms with Crippen LogP contribution in [-0.4, -0.2) is 27.2 Å².